The molecule has 2 aliphatic carbocycles. The van der Waals surface area contributed by atoms with Crippen LogP contribution >= 0.6 is 0 Å². The molecule has 0 saturated heterocycles. The number of hydrogen-bond acceptors (Lipinski definition) is 2. The summed E-state index contributed by atoms with van der Waals surface area (Å²) in [5, 5.41) is 8.99. The molecule has 0 amide bonds. The van der Waals surface area contributed by atoms with Crippen LogP contribution in [0.3, 0.4) is 0 Å². The molecule has 15 heavy (non-hydrogen) atoms. The van der Waals surface area contributed by atoms with Crippen molar-refractivity contribution in [3.63, 3.8) is 0 Å². The third kappa shape index (κ3) is 1.80. The van der Waals surface area contributed by atoms with Gasteiger partial charge in [0.2, 0.25) is 0 Å². The van der Waals surface area contributed by atoms with Crippen molar-refractivity contribution in [2.75, 3.05) is 0 Å². The van der Waals surface area contributed by atoms with Gasteiger partial charge in [-0.2, -0.15) is 0 Å². The molecule has 0 aromatic carbocycles. The van der Waals surface area contributed by atoms with Crippen molar-refractivity contribution >= 4 is 11.8 Å². The Labute approximate surface area is 89.9 Å². The normalized spacial score (nSPS) is 41.0. The van der Waals surface area contributed by atoms with Crippen molar-refractivity contribution in [1.82, 2.24) is 0 Å². The van der Waals surface area contributed by atoms with Gasteiger partial charge in [0.1, 0.15) is 5.78 Å². The number of fused-ring (bicyclic) bond motifs is 1. The van der Waals surface area contributed by atoms with Gasteiger partial charge in [-0.3, -0.25) is 9.59 Å². The van der Waals surface area contributed by atoms with Crippen LogP contribution in [0, 0.1) is 17.3 Å². The van der Waals surface area contributed by atoms with Crippen molar-refractivity contribution < 1.29 is 14.7 Å². The molecule has 0 bridgehead atoms. The van der Waals surface area contributed by atoms with Crippen LogP contribution in [0.5, 0.6) is 0 Å². The molecule has 0 radical (unpaired) electrons. The largest absolute Gasteiger partial charge is 0.481 e. The van der Waals surface area contributed by atoms with Crippen molar-refractivity contribution in [3.8, 4) is 0 Å². The fourth-order valence-electron chi connectivity index (χ4n) is 3.25. The predicted molar refractivity (Wildman–Crippen MR) is 55.4 cm³/mol. The first-order valence-electron chi connectivity index (χ1n) is 5.78. The smallest absolute Gasteiger partial charge is 0.306 e. The minimum absolute atomic E-state index is 0.0149. The Morgan fingerprint density at radius 1 is 1.47 bits per heavy atom. The van der Waals surface area contributed by atoms with Crippen LogP contribution in [0.25, 0.3) is 0 Å². The van der Waals surface area contributed by atoms with E-state index in [4.69, 9.17) is 5.11 Å². The van der Waals surface area contributed by atoms with E-state index in [1.807, 2.05) is 0 Å². The van der Waals surface area contributed by atoms with E-state index in [-0.39, 0.29) is 17.3 Å². The number of carbonyl (C=O) groups is 2. The molecule has 0 spiro atoms. The second-order valence-corrected chi connectivity index (χ2v) is 5.34. The van der Waals surface area contributed by atoms with Gasteiger partial charge < -0.3 is 5.11 Å². The molecule has 2 rings (SSSR count). The van der Waals surface area contributed by atoms with E-state index < -0.39 is 5.97 Å². The summed E-state index contributed by atoms with van der Waals surface area (Å²) in [6.45, 7) is 2.16. The Morgan fingerprint density at radius 3 is 2.87 bits per heavy atom. The molecule has 3 atom stereocenters. The SMILES string of the molecule is CC12CCCC(=O)C1CC(C(=O)O)CC2. The molecule has 84 valence electrons. The maximum Gasteiger partial charge on any atom is 0.306 e. The van der Waals surface area contributed by atoms with Crippen LogP contribution in [0.2, 0.25) is 0 Å². The summed E-state index contributed by atoms with van der Waals surface area (Å²) in [6, 6.07) is 0. The minimum Gasteiger partial charge on any atom is -0.481 e. The molecule has 0 heterocycles. The summed E-state index contributed by atoms with van der Waals surface area (Å²) in [5.74, 6) is -0.698. The number of rotatable bonds is 1. The highest BCUT2D eigenvalue weighted by Crippen LogP contribution is 2.50. The predicted octanol–water partition coefficient (Wildman–Crippen LogP) is 2.25. The van der Waals surface area contributed by atoms with Gasteiger partial charge in [0, 0.05) is 12.3 Å². The van der Waals surface area contributed by atoms with Crippen LogP contribution in [0.1, 0.15) is 45.4 Å². The number of carboxylic acid groups (broad SMARTS) is 1. The van der Waals surface area contributed by atoms with E-state index in [0.717, 1.165) is 25.7 Å². The second-order valence-electron chi connectivity index (χ2n) is 5.34. The molecule has 2 fully saturated rings. The highest BCUT2D eigenvalue weighted by Gasteiger charge is 2.46. The quantitative estimate of drug-likeness (QED) is 0.722. The molecule has 0 aromatic rings. The lowest BCUT2D eigenvalue weighted by molar-refractivity contribution is -0.147. The second kappa shape index (κ2) is 3.62. The zero-order valence-electron chi connectivity index (χ0n) is 9.16. The fourth-order valence-corrected chi connectivity index (χ4v) is 3.25. The van der Waals surface area contributed by atoms with Gasteiger partial charge in [0.15, 0.2) is 0 Å². The van der Waals surface area contributed by atoms with Crippen LogP contribution < -0.4 is 0 Å². The minimum atomic E-state index is -0.726. The van der Waals surface area contributed by atoms with Crippen molar-refractivity contribution in [3.05, 3.63) is 0 Å². The third-order valence-corrected chi connectivity index (χ3v) is 4.33. The van der Waals surface area contributed by atoms with Crippen molar-refractivity contribution in [2.45, 2.75) is 45.4 Å². The topological polar surface area (TPSA) is 54.4 Å². The Balaban J connectivity index is 2.16. The molecule has 0 aliphatic heterocycles. The Bertz CT molecular complexity index is 297. The monoisotopic (exact) mass is 210 g/mol. The Kier molecular flexibility index (Phi) is 2.57. The Morgan fingerprint density at radius 2 is 2.20 bits per heavy atom. The number of aliphatic carboxylic acids is 1. The van der Waals surface area contributed by atoms with Gasteiger partial charge in [-0.05, 0) is 37.5 Å². The third-order valence-electron chi connectivity index (χ3n) is 4.33. The summed E-state index contributed by atoms with van der Waals surface area (Å²) in [6.07, 6.45) is 4.96. The Hall–Kier alpha value is -0.860. The first-order valence-corrected chi connectivity index (χ1v) is 5.78. The lowest BCUT2D eigenvalue weighted by atomic mass is 9.58. The summed E-state index contributed by atoms with van der Waals surface area (Å²) in [7, 11) is 0. The first-order chi connectivity index (χ1) is 7.03. The zero-order chi connectivity index (χ0) is 11.1. The molecule has 3 unspecified atom stereocenters. The van der Waals surface area contributed by atoms with Gasteiger partial charge in [-0.15, -0.1) is 0 Å². The fraction of sp³-hybridized carbons (Fsp3) is 0.833. The van der Waals surface area contributed by atoms with Crippen LogP contribution in [0.15, 0.2) is 0 Å². The lowest BCUT2D eigenvalue weighted by Crippen LogP contribution is -2.43. The maximum absolute atomic E-state index is 11.8. The van der Waals surface area contributed by atoms with E-state index in [9.17, 15) is 9.59 Å². The highest BCUT2D eigenvalue weighted by atomic mass is 16.4. The van der Waals surface area contributed by atoms with Gasteiger partial charge in [0.05, 0.1) is 5.92 Å². The van der Waals surface area contributed by atoms with Crippen LogP contribution in [0.4, 0.5) is 0 Å². The average Bonchev–Trinajstić information content (AvgIpc) is 2.17. The highest BCUT2D eigenvalue weighted by molar-refractivity contribution is 5.83. The van der Waals surface area contributed by atoms with E-state index in [2.05, 4.69) is 6.92 Å². The standard InChI is InChI=1S/C12H18O3/c1-12-5-2-3-10(13)9(12)7-8(4-6-12)11(14)15/h8-9H,2-7H2,1H3,(H,14,15). The first kappa shape index (κ1) is 10.7. The van der Waals surface area contributed by atoms with Gasteiger partial charge >= 0.3 is 5.97 Å². The molecule has 2 aliphatic rings. The number of carbonyl (C=O) groups excluding carboxylic acids is 1. The molecule has 2 saturated carbocycles. The summed E-state index contributed by atoms with van der Waals surface area (Å²) >= 11 is 0. The van der Waals surface area contributed by atoms with Gasteiger partial charge in [0.25, 0.3) is 0 Å². The van der Waals surface area contributed by atoms with Gasteiger partial charge in [-0.1, -0.05) is 6.92 Å². The van der Waals surface area contributed by atoms with Crippen LogP contribution in [-0.2, 0) is 9.59 Å². The summed E-state index contributed by atoms with van der Waals surface area (Å²) < 4.78 is 0. The van der Waals surface area contributed by atoms with E-state index >= 15 is 0 Å². The van der Waals surface area contributed by atoms with E-state index in [0.29, 0.717) is 18.6 Å². The van der Waals surface area contributed by atoms with Crippen LogP contribution in [-0.4, -0.2) is 16.9 Å². The molecular weight excluding hydrogens is 192 g/mol. The summed E-state index contributed by atoms with van der Waals surface area (Å²) in [5.41, 5.74) is 0.0985. The maximum atomic E-state index is 11.8. The molecule has 0 aromatic heterocycles. The van der Waals surface area contributed by atoms with Crippen molar-refractivity contribution in [1.29, 1.82) is 0 Å². The number of ketones is 1. The zero-order valence-corrected chi connectivity index (χ0v) is 9.16. The average molecular weight is 210 g/mol. The molecule has 1 N–H and O–H groups in total. The molecule has 3 nitrogen and oxygen atoms in total. The van der Waals surface area contributed by atoms with Gasteiger partial charge in [-0.25, -0.2) is 0 Å². The number of Topliss-reactive ketones (excluding diaryl/α,β-unsaturated/α-hetero) is 1. The van der Waals surface area contributed by atoms with E-state index in [1.54, 1.807) is 0 Å². The lowest BCUT2D eigenvalue weighted by Gasteiger charge is -2.45. The molecular formula is C12H18O3. The number of carboxylic acids is 1. The number of hydrogen-bond donors (Lipinski definition) is 1. The van der Waals surface area contributed by atoms with Crippen molar-refractivity contribution in [2.24, 2.45) is 17.3 Å². The summed E-state index contributed by atoms with van der Waals surface area (Å²) in [4.78, 5) is 22.7. The molecule has 3 heteroatoms. The van der Waals surface area contributed by atoms with E-state index in [1.165, 1.54) is 0 Å².